The quantitative estimate of drug-likeness (QED) is 0.670. The summed E-state index contributed by atoms with van der Waals surface area (Å²) in [5, 5.41) is 23.0. The van der Waals surface area contributed by atoms with E-state index in [9.17, 15) is 20.0 Å². The predicted octanol–water partition coefficient (Wildman–Crippen LogP) is 3.03. The molecule has 0 aliphatic rings. The number of halogens is 1. The normalized spacial score (nSPS) is 10.4. The molecule has 0 aliphatic carbocycles. The van der Waals surface area contributed by atoms with Crippen LogP contribution in [0.5, 0.6) is 5.75 Å². The van der Waals surface area contributed by atoms with Gasteiger partial charge in [0.1, 0.15) is 11.4 Å². The number of aromatic nitrogens is 1. The molecule has 110 valence electrons. The Morgan fingerprint density at radius 2 is 2.19 bits per heavy atom. The standard InChI is InChI=1S/C13H12ClN3O4/c1-2-16-7-9(17(20)21)6-11(16)13(19)15-8-3-4-10(14)12(18)5-8/h3-7,18H,2H2,1H3,(H,15,19). The predicted molar refractivity (Wildman–Crippen MR) is 77.8 cm³/mol. The van der Waals surface area contributed by atoms with Gasteiger partial charge in [-0.05, 0) is 19.1 Å². The lowest BCUT2D eigenvalue weighted by molar-refractivity contribution is -0.384. The molecule has 2 aromatic rings. The van der Waals surface area contributed by atoms with E-state index in [1.165, 1.54) is 35.0 Å². The number of hydrogen-bond donors (Lipinski definition) is 2. The van der Waals surface area contributed by atoms with Crippen LogP contribution in [-0.2, 0) is 6.54 Å². The lowest BCUT2D eigenvalue weighted by Crippen LogP contribution is -2.16. The van der Waals surface area contributed by atoms with Gasteiger partial charge in [-0.15, -0.1) is 0 Å². The summed E-state index contributed by atoms with van der Waals surface area (Å²) >= 11 is 5.68. The van der Waals surface area contributed by atoms with Crippen LogP contribution in [0, 0.1) is 10.1 Å². The van der Waals surface area contributed by atoms with Crippen molar-refractivity contribution in [2.45, 2.75) is 13.5 Å². The molecule has 7 nitrogen and oxygen atoms in total. The average molecular weight is 310 g/mol. The number of aryl methyl sites for hydroxylation is 1. The van der Waals surface area contributed by atoms with E-state index in [-0.39, 0.29) is 22.2 Å². The van der Waals surface area contributed by atoms with Gasteiger partial charge in [-0.2, -0.15) is 0 Å². The summed E-state index contributed by atoms with van der Waals surface area (Å²) in [5.74, 6) is -0.669. The fourth-order valence-corrected chi connectivity index (χ4v) is 1.95. The van der Waals surface area contributed by atoms with Crippen LogP contribution in [-0.4, -0.2) is 20.5 Å². The fourth-order valence-electron chi connectivity index (χ4n) is 1.83. The Bertz CT molecular complexity index is 711. The highest BCUT2D eigenvalue weighted by Gasteiger charge is 2.18. The van der Waals surface area contributed by atoms with Gasteiger partial charge in [0.2, 0.25) is 0 Å². The van der Waals surface area contributed by atoms with E-state index < -0.39 is 10.8 Å². The minimum absolute atomic E-state index is 0.152. The minimum atomic E-state index is -0.558. The summed E-state index contributed by atoms with van der Waals surface area (Å²) in [7, 11) is 0. The first kappa shape index (κ1) is 14.9. The number of phenols is 1. The van der Waals surface area contributed by atoms with Gasteiger partial charge < -0.3 is 15.0 Å². The van der Waals surface area contributed by atoms with Crippen molar-refractivity contribution < 1.29 is 14.8 Å². The van der Waals surface area contributed by atoms with Crippen molar-refractivity contribution in [3.63, 3.8) is 0 Å². The smallest absolute Gasteiger partial charge is 0.287 e. The number of carbonyl (C=O) groups excluding carboxylic acids is 1. The minimum Gasteiger partial charge on any atom is -0.506 e. The molecule has 0 bridgehead atoms. The van der Waals surface area contributed by atoms with Gasteiger partial charge >= 0.3 is 0 Å². The van der Waals surface area contributed by atoms with Crippen LogP contribution in [0.15, 0.2) is 30.5 Å². The van der Waals surface area contributed by atoms with Crippen LogP contribution in [0.4, 0.5) is 11.4 Å². The summed E-state index contributed by atoms with van der Waals surface area (Å²) in [5.41, 5.74) is 0.355. The van der Waals surface area contributed by atoms with Crippen molar-refractivity contribution in [1.29, 1.82) is 0 Å². The average Bonchev–Trinajstić information content (AvgIpc) is 2.87. The molecular weight excluding hydrogens is 298 g/mol. The molecule has 0 saturated heterocycles. The number of carbonyl (C=O) groups is 1. The monoisotopic (exact) mass is 309 g/mol. The maximum atomic E-state index is 12.2. The third-order valence-electron chi connectivity index (χ3n) is 2.87. The van der Waals surface area contributed by atoms with E-state index >= 15 is 0 Å². The van der Waals surface area contributed by atoms with E-state index in [1.807, 2.05) is 0 Å². The molecule has 0 aliphatic heterocycles. The van der Waals surface area contributed by atoms with E-state index in [0.29, 0.717) is 12.2 Å². The van der Waals surface area contributed by atoms with Crippen LogP contribution in [0.1, 0.15) is 17.4 Å². The molecule has 0 spiro atoms. The molecule has 2 rings (SSSR count). The molecule has 0 unspecified atom stereocenters. The number of amides is 1. The molecule has 2 N–H and O–H groups in total. The largest absolute Gasteiger partial charge is 0.506 e. The van der Waals surface area contributed by atoms with Crippen LogP contribution < -0.4 is 5.32 Å². The second-order valence-corrected chi connectivity index (χ2v) is 4.65. The van der Waals surface area contributed by atoms with Gasteiger partial charge in [-0.3, -0.25) is 14.9 Å². The van der Waals surface area contributed by atoms with Crippen LogP contribution >= 0.6 is 11.6 Å². The number of rotatable bonds is 4. The topological polar surface area (TPSA) is 97.4 Å². The Balaban J connectivity index is 2.27. The SMILES string of the molecule is CCn1cc([N+](=O)[O-])cc1C(=O)Nc1ccc(Cl)c(O)c1. The third-order valence-corrected chi connectivity index (χ3v) is 3.19. The second-order valence-electron chi connectivity index (χ2n) is 4.25. The van der Waals surface area contributed by atoms with Crippen molar-refractivity contribution in [3.05, 3.63) is 51.3 Å². The number of nitrogens with one attached hydrogen (secondary N) is 1. The Morgan fingerprint density at radius 3 is 2.76 bits per heavy atom. The molecule has 8 heteroatoms. The highest BCUT2D eigenvalue weighted by atomic mass is 35.5. The van der Waals surface area contributed by atoms with E-state index in [4.69, 9.17) is 11.6 Å². The number of nitrogens with zero attached hydrogens (tertiary/aromatic N) is 2. The van der Waals surface area contributed by atoms with Crippen molar-refractivity contribution in [1.82, 2.24) is 4.57 Å². The van der Waals surface area contributed by atoms with Gasteiger partial charge in [0, 0.05) is 24.4 Å². The number of hydrogen-bond acceptors (Lipinski definition) is 4. The van der Waals surface area contributed by atoms with Crippen molar-refractivity contribution in [3.8, 4) is 5.75 Å². The Labute approximate surface area is 124 Å². The zero-order valence-corrected chi connectivity index (χ0v) is 11.8. The summed E-state index contributed by atoms with van der Waals surface area (Å²) in [6.07, 6.45) is 1.30. The first-order valence-electron chi connectivity index (χ1n) is 6.06. The maximum Gasteiger partial charge on any atom is 0.287 e. The molecule has 0 saturated carbocycles. The third kappa shape index (κ3) is 3.14. The van der Waals surface area contributed by atoms with Gasteiger partial charge in [0.05, 0.1) is 16.1 Å². The lowest BCUT2D eigenvalue weighted by atomic mass is 10.3. The summed E-state index contributed by atoms with van der Waals surface area (Å²) < 4.78 is 1.48. The Kier molecular flexibility index (Phi) is 4.13. The molecule has 1 aromatic heterocycles. The zero-order valence-electron chi connectivity index (χ0n) is 11.0. The number of anilines is 1. The van der Waals surface area contributed by atoms with Crippen LogP contribution in [0.25, 0.3) is 0 Å². The molecular formula is C13H12ClN3O4. The summed E-state index contributed by atoms with van der Waals surface area (Å²) in [4.78, 5) is 22.4. The molecule has 1 heterocycles. The fraction of sp³-hybridized carbons (Fsp3) is 0.154. The first-order valence-corrected chi connectivity index (χ1v) is 6.44. The number of phenolic OH excluding ortho intramolecular Hbond substituents is 1. The maximum absolute atomic E-state index is 12.2. The lowest BCUT2D eigenvalue weighted by Gasteiger charge is -2.08. The number of benzene rings is 1. The summed E-state index contributed by atoms with van der Waals surface area (Å²) in [6.45, 7) is 2.19. The number of aromatic hydroxyl groups is 1. The van der Waals surface area contributed by atoms with Crippen LogP contribution in [0.2, 0.25) is 5.02 Å². The van der Waals surface area contributed by atoms with Gasteiger partial charge in [-0.25, -0.2) is 0 Å². The van der Waals surface area contributed by atoms with E-state index in [0.717, 1.165) is 0 Å². The van der Waals surface area contributed by atoms with Gasteiger partial charge in [0.25, 0.3) is 11.6 Å². The molecule has 1 aromatic carbocycles. The highest BCUT2D eigenvalue weighted by Crippen LogP contribution is 2.26. The van der Waals surface area contributed by atoms with E-state index in [1.54, 1.807) is 6.92 Å². The van der Waals surface area contributed by atoms with Crippen molar-refractivity contribution in [2.75, 3.05) is 5.32 Å². The van der Waals surface area contributed by atoms with Crippen LogP contribution in [0.3, 0.4) is 0 Å². The van der Waals surface area contributed by atoms with Gasteiger partial charge in [0.15, 0.2) is 0 Å². The molecule has 0 atom stereocenters. The molecule has 0 radical (unpaired) electrons. The van der Waals surface area contributed by atoms with Gasteiger partial charge in [-0.1, -0.05) is 11.6 Å². The molecule has 0 fully saturated rings. The summed E-state index contributed by atoms with van der Waals surface area (Å²) in [6, 6.07) is 5.46. The zero-order chi connectivity index (χ0) is 15.6. The van der Waals surface area contributed by atoms with Crippen molar-refractivity contribution in [2.24, 2.45) is 0 Å². The second kappa shape index (κ2) is 5.84. The molecule has 1 amide bonds. The first-order chi connectivity index (χ1) is 9.92. The Morgan fingerprint density at radius 1 is 1.48 bits per heavy atom. The Hall–Kier alpha value is -2.54. The number of nitro groups is 1. The van der Waals surface area contributed by atoms with E-state index in [2.05, 4.69) is 5.32 Å². The highest BCUT2D eigenvalue weighted by molar-refractivity contribution is 6.32. The van der Waals surface area contributed by atoms with Crippen molar-refractivity contribution >= 4 is 28.9 Å². The molecule has 21 heavy (non-hydrogen) atoms.